The maximum atomic E-state index is 4.54. The summed E-state index contributed by atoms with van der Waals surface area (Å²) in [5, 5.41) is 3.12. The van der Waals surface area contributed by atoms with Crippen molar-refractivity contribution in [2.75, 3.05) is 12.4 Å². The van der Waals surface area contributed by atoms with Crippen LogP contribution in [0.2, 0.25) is 0 Å². The van der Waals surface area contributed by atoms with Gasteiger partial charge in [0.1, 0.15) is 11.6 Å². The first-order valence-corrected chi connectivity index (χ1v) is 5.16. The average Bonchev–Trinajstić information content (AvgIpc) is 2.87. The first-order chi connectivity index (χ1) is 6.63. The predicted molar refractivity (Wildman–Crippen MR) is 57.6 cm³/mol. The van der Waals surface area contributed by atoms with Crippen LogP contribution in [0.4, 0.5) is 5.82 Å². The van der Waals surface area contributed by atoms with Crippen molar-refractivity contribution in [3.05, 3.63) is 17.1 Å². The molecule has 3 nitrogen and oxygen atoms in total. The minimum atomic E-state index is 0.599. The van der Waals surface area contributed by atoms with Crippen molar-refractivity contribution in [3.8, 4) is 0 Å². The maximum absolute atomic E-state index is 4.54. The normalized spacial score (nSPS) is 24.9. The molecular formula is C11H17N3. The van der Waals surface area contributed by atoms with Crippen molar-refractivity contribution in [2.45, 2.75) is 33.1 Å². The lowest BCUT2D eigenvalue weighted by Gasteiger charge is -2.08. The lowest BCUT2D eigenvalue weighted by molar-refractivity contribution is 0.829. The van der Waals surface area contributed by atoms with Crippen molar-refractivity contribution in [1.82, 2.24) is 9.97 Å². The molecule has 2 unspecified atom stereocenters. The summed E-state index contributed by atoms with van der Waals surface area (Å²) in [7, 11) is 1.91. The molecule has 1 saturated carbocycles. The van der Waals surface area contributed by atoms with E-state index in [2.05, 4.69) is 36.1 Å². The van der Waals surface area contributed by atoms with Crippen molar-refractivity contribution in [3.63, 3.8) is 0 Å². The van der Waals surface area contributed by atoms with Crippen molar-refractivity contribution in [2.24, 2.45) is 5.92 Å². The van der Waals surface area contributed by atoms with Crippen LogP contribution in [-0.2, 0) is 0 Å². The van der Waals surface area contributed by atoms with E-state index in [0.29, 0.717) is 5.92 Å². The van der Waals surface area contributed by atoms with E-state index in [-0.39, 0.29) is 0 Å². The van der Waals surface area contributed by atoms with Gasteiger partial charge in [0.25, 0.3) is 0 Å². The zero-order valence-electron chi connectivity index (χ0n) is 9.26. The third-order valence-electron chi connectivity index (χ3n) is 3.08. The summed E-state index contributed by atoms with van der Waals surface area (Å²) in [4.78, 5) is 9.08. The molecule has 1 aliphatic carbocycles. The average molecular weight is 191 g/mol. The van der Waals surface area contributed by atoms with Gasteiger partial charge in [-0.15, -0.1) is 0 Å². The van der Waals surface area contributed by atoms with E-state index in [1.807, 2.05) is 7.05 Å². The zero-order chi connectivity index (χ0) is 10.3. The smallest absolute Gasteiger partial charge is 0.134 e. The molecule has 2 atom stereocenters. The van der Waals surface area contributed by atoms with Crippen LogP contribution in [0.1, 0.15) is 36.3 Å². The number of nitrogens with one attached hydrogen (secondary N) is 1. The van der Waals surface area contributed by atoms with Gasteiger partial charge in [-0.1, -0.05) is 6.92 Å². The van der Waals surface area contributed by atoms with Crippen LogP contribution >= 0.6 is 0 Å². The Morgan fingerprint density at radius 1 is 1.29 bits per heavy atom. The highest BCUT2D eigenvalue weighted by molar-refractivity contribution is 5.45. The summed E-state index contributed by atoms with van der Waals surface area (Å²) in [5.41, 5.74) is 2.25. The van der Waals surface area contributed by atoms with Gasteiger partial charge < -0.3 is 5.32 Å². The quantitative estimate of drug-likeness (QED) is 0.779. The monoisotopic (exact) mass is 191 g/mol. The first kappa shape index (κ1) is 9.44. The molecule has 0 bridgehead atoms. The van der Waals surface area contributed by atoms with Crippen LogP contribution < -0.4 is 5.32 Å². The van der Waals surface area contributed by atoms with E-state index in [1.165, 1.54) is 6.42 Å². The molecule has 1 aliphatic rings. The summed E-state index contributed by atoms with van der Waals surface area (Å²) in [6.07, 6.45) is 1.24. The Balaban J connectivity index is 2.38. The van der Waals surface area contributed by atoms with Crippen LogP contribution in [0, 0.1) is 19.8 Å². The highest BCUT2D eigenvalue weighted by atomic mass is 15.0. The molecule has 14 heavy (non-hydrogen) atoms. The minimum absolute atomic E-state index is 0.599. The Bertz CT molecular complexity index is 360. The molecule has 1 fully saturated rings. The molecule has 3 heteroatoms. The van der Waals surface area contributed by atoms with Gasteiger partial charge in [0, 0.05) is 24.2 Å². The van der Waals surface area contributed by atoms with Gasteiger partial charge in [-0.05, 0) is 26.2 Å². The molecule has 1 aromatic rings. The van der Waals surface area contributed by atoms with Crippen LogP contribution in [0.3, 0.4) is 0 Å². The van der Waals surface area contributed by atoms with E-state index in [0.717, 1.165) is 28.8 Å². The predicted octanol–water partition coefficient (Wildman–Crippen LogP) is 2.26. The summed E-state index contributed by atoms with van der Waals surface area (Å²) < 4.78 is 0. The van der Waals surface area contributed by atoms with Gasteiger partial charge in [-0.3, -0.25) is 0 Å². The fourth-order valence-corrected chi connectivity index (χ4v) is 1.74. The molecule has 0 spiro atoms. The highest BCUT2D eigenvalue weighted by Crippen LogP contribution is 2.45. The van der Waals surface area contributed by atoms with Crippen molar-refractivity contribution < 1.29 is 0 Å². The van der Waals surface area contributed by atoms with Gasteiger partial charge in [0.15, 0.2) is 0 Å². The number of nitrogens with zero attached hydrogens (tertiary/aromatic N) is 2. The molecule has 0 radical (unpaired) electrons. The third kappa shape index (κ3) is 1.47. The molecular weight excluding hydrogens is 174 g/mol. The van der Waals surface area contributed by atoms with Gasteiger partial charge >= 0.3 is 0 Å². The molecule has 1 heterocycles. The fraction of sp³-hybridized carbons (Fsp3) is 0.636. The van der Waals surface area contributed by atoms with Gasteiger partial charge in [-0.2, -0.15) is 0 Å². The molecule has 0 aromatic carbocycles. The second-order valence-corrected chi connectivity index (χ2v) is 4.21. The van der Waals surface area contributed by atoms with Crippen LogP contribution in [0.15, 0.2) is 0 Å². The SMILES string of the molecule is CNc1nc(C2CC2C)nc(C)c1C. The van der Waals surface area contributed by atoms with E-state index in [9.17, 15) is 0 Å². The molecule has 0 saturated heterocycles. The Hall–Kier alpha value is -1.12. The Kier molecular flexibility index (Phi) is 2.17. The van der Waals surface area contributed by atoms with E-state index < -0.39 is 0 Å². The number of hydrogen-bond acceptors (Lipinski definition) is 3. The fourth-order valence-electron chi connectivity index (χ4n) is 1.74. The zero-order valence-corrected chi connectivity index (χ0v) is 9.26. The summed E-state index contributed by atoms with van der Waals surface area (Å²) in [6.45, 7) is 6.36. The minimum Gasteiger partial charge on any atom is -0.373 e. The number of aryl methyl sites for hydroxylation is 1. The summed E-state index contributed by atoms with van der Waals surface area (Å²) in [5.74, 6) is 3.36. The van der Waals surface area contributed by atoms with E-state index in [1.54, 1.807) is 0 Å². The van der Waals surface area contributed by atoms with Gasteiger partial charge in [0.05, 0.1) is 0 Å². The number of aromatic nitrogens is 2. The van der Waals surface area contributed by atoms with Crippen molar-refractivity contribution >= 4 is 5.82 Å². The summed E-state index contributed by atoms with van der Waals surface area (Å²) in [6, 6.07) is 0. The van der Waals surface area contributed by atoms with Crippen LogP contribution in [0.25, 0.3) is 0 Å². The number of hydrogen-bond donors (Lipinski definition) is 1. The number of rotatable bonds is 2. The van der Waals surface area contributed by atoms with Crippen molar-refractivity contribution in [1.29, 1.82) is 0 Å². The first-order valence-electron chi connectivity index (χ1n) is 5.16. The molecule has 2 rings (SSSR count). The van der Waals surface area contributed by atoms with Gasteiger partial charge in [0.2, 0.25) is 0 Å². The highest BCUT2D eigenvalue weighted by Gasteiger charge is 2.37. The van der Waals surface area contributed by atoms with Crippen LogP contribution in [0.5, 0.6) is 0 Å². The Morgan fingerprint density at radius 3 is 2.43 bits per heavy atom. The lowest BCUT2D eigenvalue weighted by atomic mass is 10.2. The molecule has 0 amide bonds. The standard InChI is InChI=1S/C11H17N3/c1-6-5-9(6)11-13-8(3)7(2)10(12-4)14-11/h6,9H,5H2,1-4H3,(H,12,13,14). The van der Waals surface area contributed by atoms with E-state index >= 15 is 0 Å². The molecule has 0 aliphatic heterocycles. The largest absolute Gasteiger partial charge is 0.373 e. The second-order valence-electron chi connectivity index (χ2n) is 4.21. The molecule has 76 valence electrons. The lowest BCUT2D eigenvalue weighted by Crippen LogP contribution is -2.04. The van der Waals surface area contributed by atoms with E-state index in [4.69, 9.17) is 0 Å². The Morgan fingerprint density at radius 2 is 1.93 bits per heavy atom. The topological polar surface area (TPSA) is 37.8 Å². The van der Waals surface area contributed by atoms with Gasteiger partial charge in [-0.25, -0.2) is 9.97 Å². The molecule has 1 aromatic heterocycles. The third-order valence-corrected chi connectivity index (χ3v) is 3.08. The van der Waals surface area contributed by atoms with Crippen LogP contribution in [-0.4, -0.2) is 17.0 Å². The second kappa shape index (κ2) is 3.23. The molecule has 1 N–H and O–H groups in total. The Labute approximate surface area is 85.0 Å². The maximum Gasteiger partial charge on any atom is 0.134 e. The number of anilines is 1. The summed E-state index contributed by atoms with van der Waals surface area (Å²) >= 11 is 0.